The number of hydrogen-bond acceptors (Lipinski definition) is 5. The zero-order chi connectivity index (χ0) is 20.5. The Hall–Kier alpha value is -3.43. The molecular formula is C20H16FN4O4-. The number of rotatable bonds is 2. The van der Waals surface area contributed by atoms with E-state index in [0.717, 1.165) is 39.6 Å². The number of aromatic nitrogens is 1. The molecule has 0 bridgehead atoms. The van der Waals surface area contributed by atoms with E-state index in [1.54, 1.807) is 6.92 Å². The maximum Gasteiger partial charge on any atom is 0.332 e. The van der Waals surface area contributed by atoms with Crippen LogP contribution >= 0.6 is 0 Å². The molecule has 0 aliphatic carbocycles. The SMILES string of the molecule is CC12C(=O)N(c3ccc(F)cc3N([O-])O)C(=O)N1CCc1c2[nH]c2ccccc12. The quantitative estimate of drug-likeness (QED) is 0.512. The van der Waals surface area contributed by atoms with Crippen LogP contribution in [0.2, 0.25) is 0 Å². The molecule has 3 amide bonds. The number of anilines is 2. The van der Waals surface area contributed by atoms with Gasteiger partial charge in [-0.3, -0.25) is 10.0 Å². The van der Waals surface area contributed by atoms with Crippen LogP contribution in [0.1, 0.15) is 18.2 Å². The van der Waals surface area contributed by atoms with Crippen molar-refractivity contribution in [3.63, 3.8) is 0 Å². The lowest BCUT2D eigenvalue weighted by molar-refractivity contribution is -0.125. The third kappa shape index (κ3) is 2.19. The number of urea groups is 1. The van der Waals surface area contributed by atoms with E-state index in [1.165, 1.54) is 4.90 Å². The van der Waals surface area contributed by atoms with Gasteiger partial charge in [-0.1, -0.05) is 18.2 Å². The Kier molecular flexibility index (Phi) is 3.52. The first-order valence-corrected chi connectivity index (χ1v) is 9.06. The molecule has 2 aromatic carbocycles. The first-order valence-electron chi connectivity index (χ1n) is 9.06. The highest BCUT2D eigenvalue weighted by Gasteiger charge is 2.59. The Labute approximate surface area is 164 Å². The average molecular weight is 395 g/mol. The fourth-order valence-corrected chi connectivity index (χ4v) is 4.44. The van der Waals surface area contributed by atoms with Gasteiger partial charge in [-0.15, -0.1) is 0 Å². The predicted octanol–water partition coefficient (Wildman–Crippen LogP) is 3.24. The molecule has 2 N–H and O–H groups in total. The molecule has 9 heteroatoms. The van der Waals surface area contributed by atoms with Crippen LogP contribution in [0.5, 0.6) is 0 Å². The highest BCUT2D eigenvalue weighted by molar-refractivity contribution is 6.24. The van der Waals surface area contributed by atoms with Gasteiger partial charge >= 0.3 is 6.03 Å². The summed E-state index contributed by atoms with van der Waals surface area (Å²) in [6.45, 7) is 1.96. The predicted molar refractivity (Wildman–Crippen MR) is 103 cm³/mol. The van der Waals surface area contributed by atoms with E-state index in [-0.39, 0.29) is 5.69 Å². The number of para-hydroxylation sites is 1. The third-order valence-electron chi connectivity index (χ3n) is 5.85. The molecule has 0 saturated carbocycles. The first kappa shape index (κ1) is 17.7. The summed E-state index contributed by atoms with van der Waals surface area (Å²) >= 11 is 0. The number of fused-ring (bicyclic) bond motifs is 5. The van der Waals surface area contributed by atoms with Crippen molar-refractivity contribution in [2.75, 3.05) is 16.7 Å². The van der Waals surface area contributed by atoms with Gasteiger partial charge in [0, 0.05) is 23.5 Å². The number of imide groups is 1. The summed E-state index contributed by atoms with van der Waals surface area (Å²) in [6.07, 6.45) is 0.561. The highest BCUT2D eigenvalue weighted by atomic mass is 19.1. The minimum Gasteiger partial charge on any atom is -0.733 e. The Morgan fingerprint density at radius 3 is 2.76 bits per heavy atom. The van der Waals surface area contributed by atoms with E-state index in [4.69, 9.17) is 0 Å². The second kappa shape index (κ2) is 5.79. The van der Waals surface area contributed by atoms with Gasteiger partial charge in [-0.2, -0.15) is 0 Å². The monoisotopic (exact) mass is 395 g/mol. The van der Waals surface area contributed by atoms with Gasteiger partial charge in [0.2, 0.25) is 0 Å². The van der Waals surface area contributed by atoms with Gasteiger partial charge < -0.3 is 20.3 Å². The van der Waals surface area contributed by atoms with Crippen molar-refractivity contribution in [2.45, 2.75) is 18.9 Å². The number of hydrogen-bond donors (Lipinski definition) is 2. The van der Waals surface area contributed by atoms with Crippen LogP contribution in [0.4, 0.5) is 20.6 Å². The fourth-order valence-electron chi connectivity index (χ4n) is 4.44. The van der Waals surface area contributed by atoms with Gasteiger partial charge in [-0.25, -0.2) is 14.1 Å². The number of H-pyrrole nitrogens is 1. The zero-order valence-corrected chi connectivity index (χ0v) is 15.3. The number of carbonyl (C=O) groups is 2. The number of benzene rings is 2. The van der Waals surface area contributed by atoms with Crippen molar-refractivity contribution in [3.05, 3.63) is 64.7 Å². The summed E-state index contributed by atoms with van der Waals surface area (Å²) in [6, 6.07) is 9.96. The lowest BCUT2D eigenvalue weighted by atomic mass is 9.87. The third-order valence-corrected chi connectivity index (χ3v) is 5.85. The fraction of sp³-hybridized carbons (Fsp3) is 0.200. The molecule has 8 nitrogen and oxygen atoms in total. The summed E-state index contributed by atoms with van der Waals surface area (Å²) in [4.78, 5) is 32.2. The second-order valence-corrected chi connectivity index (χ2v) is 7.33. The molecule has 1 atom stereocenters. The Morgan fingerprint density at radius 1 is 1.24 bits per heavy atom. The molecule has 29 heavy (non-hydrogen) atoms. The molecule has 1 fully saturated rings. The highest BCUT2D eigenvalue weighted by Crippen LogP contribution is 2.46. The van der Waals surface area contributed by atoms with E-state index < -0.39 is 34.2 Å². The molecule has 0 radical (unpaired) electrons. The first-order chi connectivity index (χ1) is 13.8. The number of nitrogens with zero attached hydrogens (tertiary/aromatic N) is 3. The molecule has 2 aliphatic heterocycles. The van der Waals surface area contributed by atoms with Crippen LogP contribution in [0, 0.1) is 11.0 Å². The molecule has 1 unspecified atom stereocenters. The topological polar surface area (TPSA) is 103 Å². The standard InChI is InChI=1S/C20H16FN4O4/c1-20-17-13(12-4-2-3-5-14(12)22-17)8-9-23(20)19(27)24(18(20)26)15-7-6-11(21)10-16(15)25(28)29/h2-7,10,22,28H,8-9H2,1H3/q-1. The van der Waals surface area contributed by atoms with Crippen LogP contribution in [0.3, 0.4) is 0 Å². The Bertz CT molecular complexity index is 1190. The van der Waals surface area contributed by atoms with Crippen LogP contribution < -0.4 is 10.1 Å². The van der Waals surface area contributed by atoms with Gasteiger partial charge in [-0.05, 0) is 37.1 Å². The maximum absolute atomic E-state index is 13.6. The number of aromatic amines is 1. The van der Waals surface area contributed by atoms with E-state index in [9.17, 15) is 24.4 Å². The lowest BCUT2D eigenvalue weighted by Gasteiger charge is -2.35. The molecular weight excluding hydrogens is 379 g/mol. The minimum absolute atomic E-state index is 0.174. The van der Waals surface area contributed by atoms with Crippen molar-refractivity contribution in [1.29, 1.82) is 0 Å². The van der Waals surface area contributed by atoms with Crippen molar-refractivity contribution in [1.82, 2.24) is 9.88 Å². The zero-order valence-electron chi connectivity index (χ0n) is 15.3. The van der Waals surface area contributed by atoms with E-state index in [1.807, 2.05) is 24.3 Å². The average Bonchev–Trinajstić information content (AvgIpc) is 3.17. The summed E-state index contributed by atoms with van der Waals surface area (Å²) in [5, 5.41) is 21.4. The van der Waals surface area contributed by atoms with E-state index in [0.29, 0.717) is 18.7 Å². The van der Waals surface area contributed by atoms with Crippen LogP contribution in [-0.2, 0) is 16.8 Å². The lowest BCUT2D eigenvalue weighted by Crippen LogP contribution is -2.49. The van der Waals surface area contributed by atoms with Gasteiger partial charge in [0.25, 0.3) is 5.91 Å². The van der Waals surface area contributed by atoms with Gasteiger partial charge in [0.05, 0.1) is 17.1 Å². The van der Waals surface area contributed by atoms with Gasteiger partial charge in [0.15, 0.2) is 5.54 Å². The van der Waals surface area contributed by atoms with Crippen molar-refractivity contribution in [3.8, 4) is 0 Å². The Balaban J connectivity index is 1.70. The number of amides is 3. The molecule has 1 aromatic heterocycles. The van der Waals surface area contributed by atoms with E-state index >= 15 is 0 Å². The summed E-state index contributed by atoms with van der Waals surface area (Å²) in [5.41, 5.74) is 0.451. The number of halogens is 1. The van der Waals surface area contributed by atoms with Gasteiger partial charge in [0.1, 0.15) is 5.82 Å². The van der Waals surface area contributed by atoms with Crippen molar-refractivity contribution >= 4 is 34.2 Å². The van der Waals surface area contributed by atoms with Crippen LogP contribution in [0.25, 0.3) is 10.9 Å². The van der Waals surface area contributed by atoms with E-state index in [2.05, 4.69) is 4.98 Å². The summed E-state index contributed by atoms with van der Waals surface area (Å²) in [5.74, 6) is -1.36. The Morgan fingerprint density at radius 2 is 2.00 bits per heavy atom. The molecule has 1 saturated heterocycles. The molecule has 3 aromatic rings. The largest absolute Gasteiger partial charge is 0.733 e. The normalized spacial score (nSPS) is 21.0. The second-order valence-electron chi connectivity index (χ2n) is 7.33. The number of carbonyl (C=O) groups excluding carboxylic acids is 2. The molecule has 148 valence electrons. The summed E-state index contributed by atoms with van der Waals surface area (Å²) in [7, 11) is 0. The number of nitrogens with one attached hydrogen (secondary N) is 1. The minimum atomic E-state index is -1.31. The van der Waals surface area contributed by atoms with Crippen LogP contribution in [-0.4, -0.2) is 33.6 Å². The molecule has 3 heterocycles. The maximum atomic E-state index is 13.6. The van der Waals surface area contributed by atoms with Crippen molar-refractivity contribution < 1.29 is 19.2 Å². The molecule has 5 rings (SSSR count). The van der Waals surface area contributed by atoms with Crippen molar-refractivity contribution in [2.24, 2.45) is 0 Å². The smallest absolute Gasteiger partial charge is 0.332 e. The van der Waals surface area contributed by atoms with Crippen LogP contribution in [0.15, 0.2) is 42.5 Å². The summed E-state index contributed by atoms with van der Waals surface area (Å²) < 4.78 is 13.6. The molecule has 2 aliphatic rings. The molecule has 0 spiro atoms.